The highest BCUT2D eigenvalue weighted by Crippen LogP contribution is 2.30. The predicted octanol–water partition coefficient (Wildman–Crippen LogP) is 0.916. The highest BCUT2D eigenvalue weighted by atomic mass is 19.1. The normalized spacial score (nSPS) is 25.9. The summed E-state index contributed by atoms with van der Waals surface area (Å²) in [6.45, 7) is 4.66. The molecule has 2 atom stereocenters. The smallest absolute Gasteiger partial charge is 0.359 e. The lowest BCUT2D eigenvalue weighted by Crippen LogP contribution is -2.70. The summed E-state index contributed by atoms with van der Waals surface area (Å²) in [5, 5.41) is 5.72. The number of carbonyl (C=O) groups excluding carboxylic acids is 3. The van der Waals surface area contributed by atoms with Crippen LogP contribution in [-0.2, 0) is 19.3 Å². The predicted molar refractivity (Wildman–Crippen MR) is 69.8 cm³/mol. The standard InChI is InChI=1S/C12H18FN3O5/c1-4-7-14-21-16-8(5-2)12(13,10(18)20-6-3)9(17)15-11(16)19/h7-8H,4-6H2,1-3H3,(H,15,17,19). The molecule has 0 spiro atoms. The summed E-state index contributed by atoms with van der Waals surface area (Å²) in [5.74, 6) is -2.73. The number of oxime groups is 1. The number of hydrogen-bond donors (Lipinski definition) is 1. The number of imide groups is 1. The number of hydrogen-bond acceptors (Lipinski definition) is 6. The van der Waals surface area contributed by atoms with Crippen molar-refractivity contribution >= 4 is 24.1 Å². The van der Waals surface area contributed by atoms with E-state index in [9.17, 15) is 18.8 Å². The average molecular weight is 303 g/mol. The molecule has 0 aromatic heterocycles. The number of nitrogens with one attached hydrogen (secondary N) is 1. The van der Waals surface area contributed by atoms with Gasteiger partial charge in [0.25, 0.3) is 5.91 Å². The van der Waals surface area contributed by atoms with Crippen LogP contribution in [0, 0.1) is 0 Å². The van der Waals surface area contributed by atoms with Crippen LogP contribution in [0.1, 0.15) is 33.6 Å². The Kier molecular flexibility index (Phi) is 5.62. The first-order valence-corrected chi connectivity index (χ1v) is 6.63. The fourth-order valence-corrected chi connectivity index (χ4v) is 1.86. The van der Waals surface area contributed by atoms with E-state index in [1.807, 2.05) is 0 Å². The molecule has 0 aromatic carbocycles. The second kappa shape index (κ2) is 7.00. The molecule has 0 bridgehead atoms. The molecule has 9 heteroatoms. The van der Waals surface area contributed by atoms with Gasteiger partial charge in [-0.15, -0.1) is 5.06 Å². The molecule has 1 heterocycles. The van der Waals surface area contributed by atoms with Gasteiger partial charge in [-0.05, 0) is 19.8 Å². The number of amides is 3. The summed E-state index contributed by atoms with van der Waals surface area (Å²) >= 11 is 0. The lowest BCUT2D eigenvalue weighted by Gasteiger charge is -2.38. The molecule has 2 unspecified atom stereocenters. The van der Waals surface area contributed by atoms with Gasteiger partial charge >= 0.3 is 17.7 Å². The van der Waals surface area contributed by atoms with Crippen LogP contribution in [0.3, 0.4) is 0 Å². The van der Waals surface area contributed by atoms with Crippen LogP contribution in [-0.4, -0.2) is 47.5 Å². The van der Waals surface area contributed by atoms with Crippen LogP contribution >= 0.6 is 0 Å². The molecule has 0 aliphatic carbocycles. The van der Waals surface area contributed by atoms with Crippen molar-refractivity contribution in [3.8, 4) is 0 Å². The van der Waals surface area contributed by atoms with Crippen molar-refractivity contribution < 1.29 is 28.4 Å². The molecule has 21 heavy (non-hydrogen) atoms. The van der Waals surface area contributed by atoms with Gasteiger partial charge in [-0.1, -0.05) is 19.0 Å². The highest BCUT2D eigenvalue weighted by molar-refractivity contribution is 6.14. The molecule has 1 N–H and O–H groups in total. The molecule has 1 fully saturated rings. The van der Waals surface area contributed by atoms with Crippen molar-refractivity contribution in [3.63, 3.8) is 0 Å². The van der Waals surface area contributed by atoms with Gasteiger partial charge in [0.05, 0.1) is 6.61 Å². The van der Waals surface area contributed by atoms with Gasteiger partial charge in [0.15, 0.2) is 0 Å². The van der Waals surface area contributed by atoms with Crippen LogP contribution in [0.2, 0.25) is 0 Å². The lowest BCUT2D eigenvalue weighted by molar-refractivity contribution is -0.203. The number of nitrogens with zero attached hydrogens (tertiary/aromatic N) is 2. The number of urea groups is 1. The van der Waals surface area contributed by atoms with Gasteiger partial charge in [0, 0.05) is 6.21 Å². The summed E-state index contributed by atoms with van der Waals surface area (Å²) in [6.07, 6.45) is 1.83. The Labute approximate surface area is 121 Å². The third kappa shape index (κ3) is 3.11. The third-order valence-corrected chi connectivity index (χ3v) is 2.84. The van der Waals surface area contributed by atoms with E-state index in [2.05, 4.69) is 9.89 Å². The number of rotatable bonds is 6. The Morgan fingerprint density at radius 1 is 1.48 bits per heavy atom. The molecular weight excluding hydrogens is 285 g/mol. The molecule has 118 valence electrons. The van der Waals surface area contributed by atoms with E-state index >= 15 is 0 Å². The van der Waals surface area contributed by atoms with Crippen LogP contribution in [0.25, 0.3) is 0 Å². The van der Waals surface area contributed by atoms with E-state index in [4.69, 9.17) is 4.94 Å². The van der Waals surface area contributed by atoms with Crippen molar-refractivity contribution in [2.24, 2.45) is 5.16 Å². The number of halogens is 1. The molecule has 3 amide bonds. The van der Waals surface area contributed by atoms with Crippen LogP contribution in [0.4, 0.5) is 9.18 Å². The number of hydroxylamine groups is 2. The van der Waals surface area contributed by atoms with Gasteiger partial charge in [-0.3, -0.25) is 15.0 Å². The molecule has 1 rings (SSSR count). The van der Waals surface area contributed by atoms with Crippen molar-refractivity contribution in [3.05, 3.63) is 0 Å². The first-order chi connectivity index (χ1) is 9.93. The van der Waals surface area contributed by atoms with Gasteiger partial charge in [-0.25, -0.2) is 14.0 Å². The minimum atomic E-state index is -3.04. The number of carbonyl (C=O) groups is 3. The van der Waals surface area contributed by atoms with E-state index in [0.717, 1.165) is 0 Å². The van der Waals surface area contributed by atoms with Crippen molar-refractivity contribution in [1.29, 1.82) is 0 Å². The summed E-state index contributed by atoms with van der Waals surface area (Å²) < 4.78 is 19.5. The molecule has 1 aliphatic rings. The van der Waals surface area contributed by atoms with Gasteiger partial charge in [0.1, 0.15) is 6.04 Å². The SMILES string of the molecule is CCC=NON1C(=O)NC(=O)C(F)(C(=O)OCC)C1CC. The maximum absolute atomic E-state index is 14.9. The van der Waals surface area contributed by atoms with E-state index in [1.165, 1.54) is 20.1 Å². The van der Waals surface area contributed by atoms with Crippen molar-refractivity contribution in [1.82, 2.24) is 10.4 Å². The Hall–Kier alpha value is -2.19. The van der Waals surface area contributed by atoms with Gasteiger partial charge < -0.3 is 4.74 Å². The minimum absolute atomic E-state index is 0.0455. The Bertz CT molecular complexity index is 456. The number of ether oxygens (including phenoxy) is 1. The summed E-state index contributed by atoms with van der Waals surface area (Å²) in [6, 6.07) is -2.45. The average Bonchev–Trinajstić information content (AvgIpc) is 2.44. The summed E-state index contributed by atoms with van der Waals surface area (Å²) in [4.78, 5) is 40.1. The fraction of sp³-hybridized carbons (Fsp3) is 0.667. The van der Waals surface area contributed by atoms with E-state index in [1.54, 1.807) is 12.2 Å². The Morgan fingerprint density at radius 3 is 2.67 bits per heavy atom. The van der Waals surface area contributed by atoms with E-state index < -0.39 is 29.6 Å². The highest BCUT2D eigenvalue weighted by Gasteiger charge is 2.62. The van der Waals surface area contributed by atoms with Crippen LogP contribution in [0.15, 0.2) is 5.16 Å². The molecule has 0 radical (unpaired) electrons. The summed E-state index contributed by atoms with van der Waals surface area (Å²) in [5.41, 5.74) is -3.04. The largest absolute Gasteiger partial charge is 0.463 e. The molecule has 8 nitrogen and oxygen atoms in total. The number of esters is 1. The zero-order chi connectivity index (χ0) is 16.0. The molecular formula is C12H18FN3O5. The second-order valence-electron chi connectivity index (χ2n) is 4.22. The molecule has 0 aromatic rings. The van der Waals surface area contributed by atoms with E-state index in [-0.39, 0.29) is 13.0 Å². The van der Waals surface area contributed by atoms with E-state index in [0.29, 0.717) is 11.5 Å². The van der Waals surface area contributed by atoms with Crippen molar-refractivity contribution in [2.45, 2.75) is 45.3 Å². The molecule has 1 aliphatic heterocycles. The van der Waals surface area contributed by atoms with Gasteiger partial charge in [0.2, 0.25) is 0 Å². The number of alkyl halides is 1. The fourth-order valence-electron chi connectivity index (χ4n) is 1.86. The quantitative estimate of drug-likeness (QED) is 0.340. The zero-order valence-electron chi connectivity index (χ0n) is 12.1. The zero-order valence-corrected chi connectivity index (χ0v) is 12.1. The van der Waals surface area contributed by atoms with Gasteiger partial charge in [-0.2, -0.15) is 0 Å². The Balaban J connectivity index is 3.11. The van der Waals surface area contributed by atoms with Crippen LogP contribution < -0.4 is 5.32 Å². The topological polar surface area (TPSA) is 97.3 Å². The second-order valence-corrected chi connectivity index (χ2v) is 4.22. The molecule has 1 saturated heterocycles. The van der Waals surface area contributed by atoms with Crippen molar-refractivity contribution in [2.75, 3.05) is 6.61 Å². The monoisotopic (exact) mass is 303 g/mol. The third-order valence-electron chi connectivity index (χ3n) is 2.84. The van der Waals surface area contributed by atoms with Crippen LogP contribution in [0.5, 0.6) is 0 Å². The maximum Gasteiger partial charge on any atom is 0.359 e. The Morgan fingerprint density at radius 2 is 2.14 bits per heavy atom. The maximum atomic E-state index is 14.9. The first-order valence-electron chi connectivity index (χ1n) is 6.63. The summed E-state index contributed by atoms with van der Waals surface area (Å²) in [7, 11) is 0. The first kappa shape index (κ1) is 16.9. The molecule has 0 saturated carbocycles. The minimum Gasteiger partial charge on any atom is -0.463 e. The lowest BCUT2D eigenvalue weighted by atomic mass is 9.91.